The molecule has 0 unspecified atom stereocenters. The van der Waals surface area contributed by atoms with Crippen LogP contribution in [0.3, 0.4) is 0 Å². The normalized spacial score (nSPS) is 10.1. The Hall–Kier alpha value is -0.610. The Balaban J connectivity index is 3.71. The first-order chi connectivity index (χ1) is 4.59. The highest BCUT2D eigenvalue weighted by atomic mass is 16.2. The minimum Gasteiger partial charge on any atom is -0.330 e. The summed E-state index contributed by atoms with van der Waals surface area (Å²) in [5, 5.41) is 3.25. The Morgan fingerprint density at radius 3 is 2.20 bits per heavy atom. The summed E-state index contributed by atoms with van der Waals surface area (Å²) in [6.45, 7) is 0.414. The van der Waals surface area contributed by atoms with Crippen LogP contribution in [0.1, 0.15) is 6.42 Å². The monoisotopic (exact) mass is 145 g/mol. The molecule has 0 aromatic heterocycles. The topological polar surface area (TPSA) is 49.6 Å². The van der Waals surface area contributed by atoms with E-state index in [1.807, 2.05) is 14.1 Å². The van der Waals surface area contributed by atoms with Crippen molar-refractivity contribution in [3.05, 3.63) is 0 Å². The standard InChI is InChI=1S/C6H15N3O/c1-8(2)9(3)6(10)4-5-7/h4-5,7H2,1-3H3. The zero-order chi connectivity index (χ0) is 8.15. The molecule has 0 saturated carbocycles. The maximum atomic E-state index is 11.0. The van der Waals surface area contributed by atoms with Gasteiger partial charge < -0.3 is 5.73 Å². The number of hydrogen-bond acceptors (Lipinski definition) is 3. The van der Waals surface area contributed by atoms with Crippen molar-refractivity contribution < 1.29 is 4.79 Å². The van der Waals surface area contributed by atoms with Crippen LogP contribution in [0, 0.1) is 0 Å². The molecule has 2 N–H and O–H groups in total. The Bertz CT molecular complexity index is 114. The van der Waals surface area contributed by atoms with Gasteiger partial charge in [-0.1, -0.05) is 0 Å². The van der Waals surface area contributed by atoms with Crippen molar-refractivity contribution in [3.8, 4) is 0 Å². The van der Waals surface area contributed by atoms with Gasteiger partial charge in [0.2, 0.25) is 5.91 Å². The lowest BCUT2D eigenvalue weighted by Crippen LogP contribution is -2.39. The minimum absolute atomic E-state index is 0.0486. The molecule has 1 amide bonds. The van der Waals surface area contributed by atoms with Crippen molar-refractivity contribution >= 4 is 5.91 Å². The molecule has 60 valence electrons. The molecule has 0 fully saturated rings. The lowest BCUT2D eigenvalue weighted by molar-refractivity contribution is -0.141. The largest absolute Gasteiger partial charge is 0.330 e. The van der Waals surface area contributed by atoms with E-state index in [9.17, 15) is 4.79 Å². The molecular weight excluding hydrogens is 130 g/mol. The molecule has 0 aliphatic heterocycles. The fourth-order valence-corrected chi connectivity index (χ4v) is 0.508. The van der Waals surface area contributed by atoms with Gasteiger partial charge in [-0.15, -0.1) is 0 Å². The van der Waals surface area contributed by atoms with Gasteiger partial charge in [0.15, 0.2) is 0 Å². The van der Waals surface area contributed by atoms with Crippen LogP contribution < -0.4 is 5.73 Å². The second-order valence-corrected chi connectivity index (χ2v) is 2.30. The Kier molecular flexibility index (Phi) is 3.99. The van der Waals surface area contributed by atoms with Gasteiger partial charge >= 0.3 is 0 Å². The highest BCUT2D eigenvalue weighted by Gasteiger charge is 2.07. The van der Waals surface area contributed by atoms with Crippen LogP contribution in [0.2, 0.25) is 0 Å². The van der Waals surface area contributed by atoms with Crippen LogP contribution in [0.15, 0.2) is 0 Å². The molecule has 0 atom stereocenters. The molecule has 0 heterocycles. The van der Waals surface area contributed by atoms with E-state index in [4.69, 9.17) is 5.73 Å². The van der Waals surface area contributed by atoms with Gasteiger partial charge in [0.1, 0.15) is 0 Å². The third-order valence-corrected chi connectivity index (χ3v) is 1.32. The van der Waals surface area contributed by atoms with Gasteiger partial charge in [-0.3, -0.25) is 9.80 Å². The highest BCUT2D eigenvalue weighted by Crippen LogP contribution is 1.89. The molecule has 0 aliphatic carbocycles. The second kappa shape index (κ2) is 4.24. The second-order valence-electron chi connectivity index (χ2n) is 2.30. The molecule has 0 aromatic rings. The molecule has 0 bridgehead atoms. The average Bonchev–Trinajstić information content (AvgIpc) is 1.87. The Morgan fingerprint density at radius 1 is 1.40 bits per heavy atom. The van der Waals surface area contributed by atoms with Crippen molar-refractivity contribution in [2.45, 2.75) is 6.42 Å². The quantitative estimate of drug-likeness (QED) is 0.533. The van der Waals surface area contributed by atoms with Crippen LogP contribution in [0.25, 0.3) is 0 Å². The van der Waals surface area contributed by atoms with Gasteiger partial charge in [0.05, 0.1) is 0 Å². The smallest absolute Gasteiger partial charge is 0.237 e. The van der Waals surface area contributed by atoms with E-state index >= 15 is 0 Å². The first-order valence-corrected chi connectivity index (χ1v) is 3.23. The van der Waals surface area contributed by atoms with Gasteiger partial charge in [-0.2, -0.15) is 0 Å². The van der Waals surface area contributed by atoms with Crippen LogP contribution in [0.5, 0.6) is 0 Å². The van der Waals surface area contributed by atoms with Gasteiger partial charge in [-0.05, 0) is 0 Å². The number of carbonyl (C=O) groups excluding carboxylic acids is 1. The maximum absolute atomic E-state index is 11.0. The fourth-order valence-electron chi connectivity index (χ4n) is 0.508. The van der Waals surface area contributed by atoms with Crippen molar-refractivity contribution in [2.24, 2.45) is 5.73 Å². The zero-order valence-electron chi connectivity index (χ0n) is 6.79. The molecule has 0 radical (unpaired) electrons. The number of nitrogens with two attached hydrogens (primary N) is 1. The number of hydrogen-bond donors (Lipinski definition) is 1. The maximum Gasteiger partial charge on any atom is 0.237 e. The molecule has 10 heavy (non-hydrogen) atoms. The van der Waals surface area contributed by atoms with E-state index in [-0.39, 0.29) is 5.91 Å². The summed E-state index contributed by atoms with van der Waals surface area (Å²) in [5.74, 6) is 0.0486. The Morgan fingerprint density at radius 2 is 1.90 bits per heavy atom. The van der Waals surface area contributed by atoms with E-state index in [0.29, 0.717) is 13.0 Å². The zero-order valence-corrected chi connectivity index (χ0v) is 6.79. The van der Waals surface area contributed by atoms with E-state index < -0.39 is 0 Å². The molecule has 0 aliphatic rings. The number of hydrazine groups is 1. The minimum atomic E-state index is 0.0486. The molecule has 4 nitrogen and oxygen atoms in total. The lowest BCUT2D eigenvalue weighted by atomic mass is 10.4. The van der Waals surface area contributed by atoms with Crippen LogP contribution in [-0.4, -0.2) is 43.6 Å². The highest BCUT2D eigenvalue weighted by molar-refractivity contribution is 5.75. The summed E-state index contributed by atoms with van der Waals surface area (Å²) in [6.07, 6.45) is 0.411. The number of rotatable bonds is 3. The first-order valence-electron chi connectivity index (χ1n) is 3.23. The molecule has 0 saturated heterocycles. The molecule has 0 aromatic carbocycles. The Labute approximate surface area is 61.6 Å². The molecule has 0 rings (SSSR count). The summed E-state index contributed by atoms with van der Waals surface area (Å²) < 4.78 is 0. The van der Waals surface area contributed by atoms with E-state index in [1.54, 1.807) is 12.1 Å². The molecular formula is C6H15N3O. The third kappa shape index (κ3) is 2.80. The van der Waals surface area contributed by atoms with Crippen LogP contribution in [0.4, 0.5) is 0 Å². The van der Waals surface area contributed by atoms with E-state index in [1.165, 1.54) is 5.01 Å². The van der Waals surface area contributed by atoms with Gasteiger partial charge in [0, 0.05) is 34.1 Å². The number of nitrogens with zero attached hydrogens (tertiary/aromatic N) is 2. The van der Waals surface area contributed by atoms with E-state index in [2.05, 4.69) is 0 Å². The summed E-state index contributed by atoms with van der Waals surface area (Å²) in [7, 11) is 5.35. The lowest BCUT2D eigenvalue weighted by Gasteiger charge is -2.23. The first kappa shape index (κ1) is 9.39. The van der Waals surface area contributed by atoms with Crippen molar-refractivity contribution in [2.75, 3.05) is 27.7 Å². The van der Waals surface area contributed by atoms with Crippen molar-refractivity contribution in [3.63, 3.8) is 0 Å². The summed E-state index contributed by atoms with van der Waals surface area (Å²) in [6, 6.07) is 0. The SMILES string of the molecule is CN(C)N(C)C(=O)CCN. The average molecular weight is 145 g/mol. The van der Waals surface area contributed by atoms with Crippen LogP contribution >= 0.6 is 0 Å². The van der Waals surface area contributed by atoms with E-state index in [0.717, 1.165) is 0 Å². The third-order valence-electron chi connectivity index (χ3n) is 1.32. The number of carbonyl (C=O) groups is 1. The molecule has 4 heteroatoms. The van der Waals surface area contributed by atoms with Crippen LogP contribution in [-0.2, 0) is 4.79 Å². The summed E-state index contributed by atoms with van der Waals surface area (Å²) in [4.78, 5) is 11.0. The van der Waals surface area contributed by atoms with Gasteiger partial charge in [0.25, 0.3) is 0 Å². The summed E-state index contributed by atoms with van der Waals surface area (Å²) >= 11 is 0. The predicted molar refractivity (Wildman–Crippen MR) is 40.1 cm³/mol. The predicted octanol–water partition coefficient (Wildman–Crippen LogP) is -0.730. The van der Waals surface area contributed by atoms with Gasteiger partial charge in [-0.25, -0.2) is 5.01 Å². The fraction of sp³-hybridized carbons (Fsp3) is 0.833. The van der Waals surface area contributed by atoms with Crippen molar-refractivity contribution in [1.29, 1.82) is 0 Å². The molecule has 0 spiro atoms. The van der Waals surface area contributed by atoms with Crippen molar-refractivity contribution in [1.82, 2.24) is 10.0 Å². The summed E-state index contributed by atoms with van der Waals surface area (Å²) in [5.41, 5.74) is 5.20. The number of amides is 1.